The van der Waals surface area contributed by atoms with Crippen molar-refractivity contribution >= 4 is 5.82 Å². The third-order valence-electron chi connectivity index (χ3n) is 4.11. The molecule has 1 N–H and O–H groups in total. The van der Waals surface area contributed by atoms with Crippen LogP contribution in [0.5, 0.6) is 0 Å². The third kappa shape index (κ3) is 3.94. The summed E-state index contributed by atoms with van der Waals surface area (Å²) in [5.41, 5.74) is 2.57. The lowest BCUT2D eigenvalue weighted by Gasteiger charge is -2.21. The van der Waals surface area contributed by atoms with Crippen LogP contribution in [-0.2, 0) is 17.6 Å². The highest BCUT2D eigenvalue weighted by Crippen LogP contribution is 2.29. The smallest absolute Gasteiger partial charge is 0.159 e. The zero-order chi connectivity index (χ0) is 15.2. The molecule has 0 aromatic carbocycles. The molecule has 1 aliphatic rings. The Labute approximate surface area is 128 Å². The fourth-order valence-corrected chi connectivity index (χ4v) is 2.98. The molecule has 2 rings (SSSR count). The van der Waals surface area contributed by atoms with Gasteiger partial charge in [-0.1, -0.05) is 27.2 Å². The Morgan fingerprint density at radius 3 is 2.57 bits per heavy atom. The number of aromatic nitrogens is 2. The van der Waals surface area contributed by atoms with Crippen LogP contribution in [-0.4, -0.2) is 23.6 Å². The molecule has 21 heavy (non-hydrogen) atoms. The van der Waals surface area contributed by atoms with Crippen molar-refractivity contribution in [2.75, 3.05) is 19.0 Å². The standard InChI is InChI=1S/C17H29N3O/c1-5-11-18-16-13-9-7-6-8-10-14(13)19-17(20-16)15(21-4)12(2)3/h12,15H,5-11H2,1-4H3,(H,18,19,20). The maximum atomic E-state index is 5.63. The summed E-state index contributed by atoms with van der Waals surface area (Å²) in [6, 6.07) is 0. The lowest BCUT2D eigenvalue weighted by atomic mass is 10.0. The Kier molecular flexibility index (Phi) is 5.97. The number of anilines is 1. The van der Waals surface area contributed by atoms with Crippen LogP contribution >= 0.6 is 0 Å². The Hall–Kier alpha value is -1.16. The molecule has 1 aliphatic carbocycles. The molecule has 1 aromatic rings. The Bertz CT molecular complexity index is 460. The van der Waals surface area contributed by atoms with Crippen LogP contribution < -0.4 is 5.32 Å². The minimum Gasteiger partial charge on any atom is -0.373 e. The first-order valence-corrected chi connectivity index (χ1v) is 8.33. The number of ether oxygens (including phenoxy) is 1. The molecule has 0 saturated heterocycles. The van der Waals surface area contributed by atoms with Crippen LogP contribution in [0.1, 0.15) is 69.6 Å². The van der Waals surface area contributed by atoms with E-state index in [1.165, 1.54) is 30.5 Å². The van der Waals surface area contributed by atoms with Crippen LogP contribution in [0.15, 0.2) is 0 Å². The lowest BCUT2D eigenvalue weighted by Crippen LogP contribution is -2.17. The molecule has 118 valence electrons. The van der Waals surface area contributed by atoms with Crippen LogP contribution in [0, 0.1) is 5.92 Å². The lowest BCUT2D eigenvalue weighted by molar-refractivity contribution is 0.0573. The Balaban J connectivity index is 2.40. The van der Waals surface area contributed by atoms with Gasteiger partial charge in [-0.15, -0.1) is 0 Å². The summed E-state index contributed by atoms with van der Waals surface area (Å²) < 4.78 is 5.63. The second-order valence-electron chi connectivity index (χ2n) is 6.24. The van der Waals surface area contributed by atoms with Crippen molar-refractivity contribution in [2.45, 2.75) is 65.4 Å². The summed E-state index contributed by atoms with van der Waals surface area (Å²) in [6.45, 7) is 7.45. The Morgan fingerprint density at radius 2 is 1.90 bits per heavy atom. The third-order valence-corrected chi connectivity index (χ3v) is 4.11. The number of hydrogen-bond acceptors (Lipinski definition) is 4. The predicted molar refractivity (Wildman–Crippen MR) is 86.7 cm³/mol. The summed E-state index contributed by atoms with van der Waals surface area (Å²) in [5.74, 6) is 2.26. The number of methoxy groups -OCH3 is 1. The van der Waals surface area contributed by atoms with E-state index >= 15 is 0 Å². The van der Waals surface area contributed by atoms with Crippen molar-refractivity contribution in [1.82, 2.24) is 9.97 Å². The monoisotopic (exact) mass is 291 g/mol. The van der Waals surface area contributed by atoms with Crippen molar-refractivity contribution < 1.29 is 4.74 Å². The number of aryl methyl sites for hydroxylation is 1. The summed E-state index contributed by atoms with van der Waals surface area (Å²) in [7, 11) is 1.75. The van der Waals surface area contributed by atoms with E-state index in [0.717, 1.165) is 37.4 Å². The van der Waals surface area contributed by atoms with E-state index in [9.17, 15) is 0 Å². The van der Waals surface area contributed by atoms with E-state index in [-0.39, 0.29) is 6.10 Å². The van der Waals surface area contributed by atoms with Crippen LogP contribution in [0.3, 0.4) is 0 Å². The molecule has 0 amide bonds. The summed E-state index contributed by atoms with van der Waals surface area (Å²) in [6.07, 6.45) is 7.01. The number of fused-ring (bicyclic) bond motifs is 1. The maximum absolute atomic E-state index is 5.63. The zero-order valence-corrected chi connectivity index (χ0v) is 13.9. The van der Waals surface area contributed by atoms with Crippen molar-refractivity contribution in [3.8, 4) is 0 Å². The van der Waals surface area contributed by atoms with Gasteiger partial charge in [0.2, 0.25) is 0 Å². The highest BCUT2D eigenvalue weighted by molar-refractivity contribution is 5.47. The van der Waals surface area contributed by atoms with Crippen LogP contribution in [0.4, 0.5) is 5.82 Å². The minimum atomic E-state index is -0.0271. The molecule has 1 atom stereocenters. The topological polar surface area (TPSA) is 47.0 Å². The van der Waals surface area contributed by atoms with Gasteiger partial charge in [-0.05, 0) is 38.0 Å². The molecular weight excluding hydrogens is 262 g/mol. The normalized spacial score (nSPS) is 16.4. The molecule has 4 nitrogen and oxygen atoms in total. The van der Waals surface area contributed by atoms with Gasteiger partial charge in [0, 0.05) is 24.9 Å². The molecule has 0 spiro atoms. The van der Waals surface area contributed by atoms with E-state index in [0.29, 0.717) is 5.92 Å². The predicted octanol–water partition coefficient (Wildman–Crippen LogP) is 3.91. The van der Waals surface area contributed by atoms with E-state index < -0.39 is 0 Å². The first-order valence-electron chi connectivity index (χ1n) is 8.33. The van der Waals surface area contributed by atoms with Gasteiger partial charge in [0.25, 0.3) is 0 Å². The van der Waals surface area contributed by atoms with Crippen LogP contribution in [0.2, 0.25) is 0 Å². The van der Waals surface area contributed by atoms with E-state index in [1.54, 1.807) is 7.11 Å². The maximum Gasteiger partial charge on any atom is 0.159 e. The molecule has 0 bridgehead atoms. The van der Waals surface area contributed by atoms with Gasteiger partial charge in [0.1, 0.15) is 11.9 Å². The summed E-state index contributed by atoms with van der Waals surface area (Å²) >= 11 is 0. The average Bonchev–Trinajstić information content (AvgIpc) is 2.70. The Morgan fingerprint density at radius 1 is 1.14 bits per heavy atom. The van der Waals surface area contributed by atoms with Gasteiger partial charge in [0.05, 0.1) is 0 Å². The quantitative estimate of drug-likeness (QED) is 0.807. The number of hydrogen-bond donors (Lipinski definition) is 1. The molecule has 0 aliphatic heterocycles. The molecule has 0 saturated carbocycles. The zero-order valence-electron chi connectivity index (χ0n) is 13.9. The first-order chi connectivity index (χ1) is 10.2. The van der Waals surface area contributed by atoms with Gasteiger partial charge in [-0.25, -0.2) is 9.97 Å². The second-order valence-corrected chi connectivity index (χ2v) is 6.24. The highest BCUT2D eigenvalue weighted by Gasteiger charge is 2.23. The second kappa shape index (κ2) is 7.74. The summed E-state index contributed by atoms with van der Waals surface area (Å²) in [5, 5.41) is 3.50. The SMILES string of the molecule is CCCNc1nc(C(OC)C(C)C)nc2c1CCCCC2. The van der Waals surface area contributed by atoms with Gasteiger partial charge < -0.3 is 10.1 Å². The highest BCUT2D eigenvalue weighted by atomic mass is 16.5. The van der Waals surface area contributed by atoms with Crippen molar-refractivity contribution in [3.05, 3.63) is 17.1 Å². The largest absolute Gasteiger partial charge is 0.373 e. The molecule has 4 heteroatoms. The van der Waals surface area contributed by atoms with Gasteiger partial charge in [0.15, 0.2) is 5.82 Å². The first kappa shape index (κ1) is 16.2. The van der Waals surface area contributed by atoms with Gasteiger partial charge in [-0.3, -0.25) is 0 Å². The number of rotatable bonds is 6. The fraction of sp³-hybridized carbons (Fsp3) is 0.765. The molecule has 0 radical (unpaired) electrons. The van der Waals surface area contributed by atoms with Crippen molar-refractivity contribution in [2.24, 2.45) is 5.92 Å². The molecule has 1 unspecified atom stereocenters. The molecule has 1 aromatic heterocycles. The molecular formula is C17H29N3O. The van der Waals surface area contributed by atoms with Crippen molar-refractivity contribution in [1.29, 1.82) is 0 Å². The summed E-state index contributed by atoms with van der Waals surface area (Å²) in [4.78, 5) is 9.67. The van der Waals surface area contributed by atoms with Gasteiger partial charge >= 0.3 is 0 Å². The van der Waals surface area contributed by atoms with Crippen molar-refractivity contribution in [3.63, 3.8) is 0 Å². The van der Waals surface area contributed by atoms with E-state index in [2.05, 4.69) is 26.1 Å². The molecule has 1 heterocycles. The minimum absolute atomic E-state index is 0.0271. The molecule has 0 fully saturated rings. The number of nitrogens with zero attached hydrogens (tertiary/aromatic N) is 2. The van der Waals surface area contributed by atoms with E-state index in [4.69, 9.17) is 14.7 Å². The van der Waals surface area contributed by atoms with E-state index in [1.807, 2.05) is 0 Å². The van der Waals surface area contributed by atoms with Gasteiger partial charge in [-0.2, -0.15) is 0 Å². The number of nitrogens with one attached hydrogen (secondary N) is 1. The van der Waals surface area contributed by atoms with Crippen LogP contribution in [0.25, 0.3) is 0 Å². The average molecular weight is 291 g/mol. The fourth-order valence-electron chi connectivity index (χ4n) is 2.98.